The first kappa shape index (κ1) is 10.7. The molecule has 0 amide bonds. The van der Waals surface area contributed by atoms with Crippen molar-refractivity contribution in [3.63, 3.8) is 0 Å². The van der Waals surface area contributed by atoms with Crippen LogP contribution in [0.2, 0.25) is 0 Å². The largest absolute Gasteiger partial charge is 0.310 e. The van der Waals surface area contributed by atoms with Gasteiger partial charge in [-0.15, -0.1) is 0 Å². The van der Waals surface area contributed by atoms with Crippen LogP contribution in [0, 0.1) is 12.8 Å². The van der Waals surface area contributed by atoms with E-state index in [1.165, 1.54) is 24.8 Å². The Morgan fingerprint density at radius 2 is 2.33 bits per heavy atom. The van der Waals surface area contributed by atoms with Gasteiger partial charge in [-0.1, -0.05) is 6.92 Å². The van der Waals surface area contributed by atoms with Crippen molar-refractivity contribution in [2.45, 2.75) is 45.7 Å². The monoisotopic (exact) mass is 207 g/mol. The molecule has 3 nitrogen and oxygen atoms in total. The summed E-state index contributed by atoms with van der Waals surface area (Å²) >= 11 is 0. The summed E-state index contributed by atoms with van der Waals surface area (Å²) in [5.74, 6) is 0.937. The molecule has 1 heterocycles. The zero-order chi connectivity index (χ0) is 10.8. The number of hydrogen-bond donors (Lipinski definition) is 1. The van der Waals surface area contributed by atoms with Gasteiger partial charge in [0.25, 0.3) is 0 Å². The van der Waals surface area contributed by atoms with Crippen molar-refractivity contribution < 1.29 is 0 Å². The minimum atomic E-state index is 0.713. The first-order chi connectivity index (χ1) is 7.20. The van der Waals surface area contributed by atoms with Crippen LogP contribution in [0.4, 0.5) is 0 Å². The molecule has 0 radical (unpaired) electrons. The fourth-order valence-electron chi connectivity index (χ4n) is 2.21. The first-order valence-electron chi connectivity index (χ1n) is 5.93. The van der Waals surface area contributed by atoms with Crippen LogP contribution < -0.4 is 5.32 Å². The van der Waals surface area contributed by atoms with Crippen molar-refractivity contribution in [2.75, 3.05) is 0 Å². The highest BCUT2D eigenvalue weighted by atomic mass is 15.2. The van der Waals surface area contributed by atoms with E-state index in [2.05, 4.69) is 30.5 Å². The van der Waals surface area contributed by atoms with Gasteiger partial charge in [0.15, 0.2) is 0 Å². The predicted octanol–water partition coefficient (Wildman–Crippen LogP) is 2.01. The molecular formula is C12H21N3. The highest BCUT2D eigenvalue weighted by Gasteiger charge is 2.29. The Balaban J connectivity index is 1.88. The van der Waals surface area contributed by atoms with E-state index in [9.17, 15) is 0 Å². The molecule has 1 atom stereocenters. The summed E-state index contributed by atoms with van der Waals surface area (Å²) in [5, 5.41) is 8.00. The smallest absolute Gasteiger partial charge is 0.0638 e. The van der Waals surface area contributed by atoms with Gasteiger partial charge in [0, 0.05) is 31.4 Å². The molecule has 1 aliphatic rings. The molecule has 0 aromatic carbocycles. The summed E-state index contributed by atoms with van der Waals surface area (Å²) in [6.07, 6.45) is 6.18. The molecule has 0 spiro atoms. The Hall–Kier alpha value is -0.830. The van der Waals surface area contributed by atoms with Gasteiger partial charge in [-0.05, 0) is 32.1 Å². The Morgan fingerprint density at radius 1 is 1.60 bits per heavy atom. The van der Waals surface area contributed by atoms with Gasteiger partial charge in [-0.25, -0.2) is 0 Å². The molecular weight excluding hydrogens is 186 g/mol. The predicted molar refractivity (Wildman–Crippen MR) is 61.6 cm³/mol. The number of hydrogen-bond acceptors (Lipinski definition) is 2. The van der Waals surface area contributed by atoms with Crippen LogP contribution in [-0.4, -0.2) is 15.8 Å². The third-order valence-corrected chi connectivity index (χ3v) is 3.30. The van der Waals surface area contributed by atoms with Crippen molar-refractivity contribution in [2.24, 2.45) is 13.0 Å². The highest BCUT2D eigenvalue weighted by molar-refractivity contribution is 5.15. The lowest BCUT2D eigenvalue weighted by atomic mass is 10.1. The van der Waals surface area contributed by atoms with Gasteiger partial charge >= 0.3 is 0 Å². The van der Waals surface area contributed by atoms with E-state index in [4.69, 9.17) is 0 Å². The Bertz CT molecular complexity index is 326. The van der Waals surface area contributed by atoms with E-state index in [0.717, 1.165) is 18.2 Å². The van der Waals surface area contributed by atoms with Crippen LogP contribution in [0.1, 0.15) is 37.4 Å². The second-order valence-corrected chi connectivity index (χ2v) is 4.65. The fourth-order valence-corrected chi connectivity index (χ4v) is 2.21. The Kier molecular flexibility index (Phi) is 3.10. The summed E-state index contributed by atoms with van der Waals surface area (Å²) in [4.78, 5) is 0. The molecule has 1 saturated carbocycles. The maximum Gasteiger partial charge on any atom is 0.0638 e. The number of nitrogens with zero attached hydrogens (tertiary/aromatic N) is 2. The molecule has 0 aliphatic heterocycles. The van der Waals surface area contributed by atoms with E-state index in [0.29, 0.717) is 6.04 Å². The van der Waals surface area contributed by atoms with Crippen LogP contribution >= 0.6 is 0 Å². The molecule has 1 N–H and O–H groups in total. The van der Waals surface area contributed by atoms with Crippen molar-refractivity contribution in [3.05, 3.63) is 17.5 Å². The molecule has 1 aliphatic carbocycles. The number of aromatic nitrogens is 2. The van der Waals surface area contributed by atoms with E-state index in [1.54, 1.807) is 0 Å². The van der Waals surface area contributed by atoms with Crippen LogP contribution in [-0.2, 0) is 13.6 Å². The van der Waals surface area contributed by atoms with Gasteiger partial charge in [0.2, 0.25) is 0 Å². The minimum absolute atomic E-state index is 0.713. The summed E-state index contributed by atoms with van der Waals surface area (Å²) in [6.45, 7) is 5.32. The topological polar surface area (TPSA) is 29.9 Å². The normalized spacial score (nSPS) is 18.1. The third kappa shape index (κ3) is 2.59. The van der Waals surface area contributed by atoms with Crippen molar-refractivity contribution in [1.82, 2.24) is 15.1 Å². The van der Waals surface area contributed by atoms with E-state index >= 15 is 0 Å². The van der Waals surface area contributed by atoms with E-state index in [-0.39, 0.29) is 0 Å². The Morgan fingerprint density at radius 3 is 2.80 bits per heavy atom. The lowest BCUT2D eigenvalue weighted by Crippen LogP contribution is -2.29. The van der Waals surface area contributed by atoms with Gasteiger partial charge in [-0.2, -0.15) is 5.10 Å². The Labute approximate surface area is 91.9 Å². The quantitative estimate of drug-likeness (QED) is 0.800. The van der Waals surface area contributed by atoms with Crippen molar-refractivity contribution in [3.8, 4) is 0 Å². The third-order valence-electron chi connectivity index (χ3n) is 3.30. The van der Waals surface area contributed by atoms with Gasteiger partial charge in [0.1, 0.15) is 0 Å². The second-order valence-electron chi connectivity index (χ2n) is 4.65. The zero-order valence-corrected chi connectivity index (χ0v) is 9.95. The average Bonchev–Trinajstić information content (AvgIpc) is 2.96. The maximum atomic E-state index is 4.35. The van der Waals surface area contributed by atoms with E-state index < -0.39 is 0 Å². The lowest BCUT2D eigenvalue weighted by Gasteiger charge is -2.15. The van der Waals surface area contributed by atoms with Crippen LogP contribution in [0.15, 0.2) is 6.20 Å². The summed E-state index contributed by atoms with van der Waals surface area (Å²) < 4.78 is 1.89. The van der Waals surface area contributed by atoms with E-state index in [1.807, 2.05) is 11.7 Å². The molecule has 0 saturated heterocycles. The van der Waals surface area contributed by atoms with Gasteiger partial charge < -0.3 is 5.32 Å². The summed E-state index contributed by atoms with van der Waals surface area (Å²) in [7, 11) is 1.98. The molecule has 2 rings (SSSR count). The van der Waals surface area contributed by atoms with Crippen LogP contribution in [0.5, 0.6) is 0 Å². The number of rotatable bonds is 5. The highest BCUT2D eigenvalue weighted by Crippen LogP contribution is 2.34. The standard InChI is InChI=1S/C12H21N3/c1-4-12(10-5-6-10)13-7-11-8-15(3)14-9(11)2/h8,10,12-13H,4-7H2,1-3H3. The molecule has 1 unspecified atom stereocenters. The molecule has 3 heteroatoms. The van der Waals surface area contributed by atoms with Crippen LogP contribution in [0.25, 0.3) is 0 Å². The number of nitrogens with one attached hydrogen (secondary N) is 1. The van der Waals surface area contributed by atoms with Crippen LogP contribution in [0.3, 0.4) is 0 Å². The van der Waals surface area contributed by atoms with Crippen molar-refractivity contribution in [1.29, 1.82) is 0 Å². The second kappa shape index (κ2) is 4.35. The summed E-state index contributed by atoms with van der Waals surface area (Å²) in [5.41, 5.74) is 2.48. The average molecular weight is 207 g/mol. The molecule has 1 fully saturated rings. The molecule has 1 aromatic heterocycles. The van der Waals surface area contributed by atoms with Crippen molar-refractivity contribution >= 4 is 0 Å². The summed E-state index contributed by atoms with van der Waals surface area (Å²) in [6, 6.07) is 0.713. The molecule has 15 heavy (non-hydrogen) atoms. The molecule has 1 aromatic rings. The maximum absolute atomic E-state index is 4.35. The molecule has 0 bridgehead atoms. The lowest BCUT2D eigenvalue weighted by molar-refractivity contribution is 0.448. The number of aryl methyl sites for hydroxylation is 2. The van der Waals surface area contributed by atoms with Gasteiger partial charge in [-0.3, -0.25) is 4.68 Å². The zero-order valence-electron chi connectivity index (χ0n) is 9.95. The molecule has 84 valence electrons. The minimum Gasteiger partial charge on any atom is -0.310 e. The SMILES string of the molecule is CCC(NCc1cn(C)nc1C)C1CC1. The van der Waals surface area contributed by atoms with Gasteiger partial charge in [0.05, 0.1) is 5.69 Å². The first-order valence-corrected chi connectivity index (χ1v) is 5.93. The fraction of sp³-hybridized carbons (Fsp3) is 0.750.